The van der Waals surface area contributed by atoms with Gasteiger partial charge < -0.3 is 15.2 Å². The van der Waals surface area contributed by atoms with Gasteiger partial charge in [-0.15, -0.1) is 0 Å². The maximum absolute atomic E-state index is 5.19. The number of aromatic nitrogens is 3. The Kier molecular flexibility index (Phi) is 8.08. The molecule has 2 fully saturated rings. The Balaban J connectivity index is 1.32. The summed E-state index contributed by atoms with van der Waals surface area (Å²) in [4.78, 5) is 15.1. The molecule has 2 N–H and O–H groups in total. The minimum atomic E-state index is 0.116. The number of hydrogen-bond donors (Lipinski definition) is 2. The highest BCUT2D eigenvalue weighted by molar-refractivity contribution is 5.75. The molecule has 7 heteroatoms. The number of nitrogens with one attached hydrogen (secondary N) is 2. The maximum Gasteiger partial charge on any atom is 0.159 e. The molecule has 1 aliphatic carbocycles. The minimum Gasteiger partial charge on any atom is -0.381 e. The van der Waals surface area contributed by atoms with E-state index in [4.69, 9.17) is 9.97 Å². The van der Waals surface area contributed by atoms with Gasteiger partial charge in [0.05, 0.1) is 17.9 Å². The van der Waals surface area contributed by atoms with Gasteiger partial charge in [0.2, 0.25) is 0 Å². The molecule has 206 valence electrons. The lowest BCUT2D eigenvalue weighted by Crippen LogP contribution is -2.55. The second-order valence-corrected chi connectivity index (χ2v) is 12.0. The molecule has 0 unspecified atom stereocenters. The molecule has 2 aliphatic rings. The first-order valence-corrected chi connectivity index (χ1v) is 14.6. The number of imidazole rings is 1. The number of nitrogens with zero attached hydrogens (tertiary/aromatic N) is 5. The summed E-state index contributed by atoms with van der Waals surface area (Å²) in [5, 5.41) is 7.48. The monoisotopic (exact) mass is 517 g/mol. The summed E-state index contributed by atoms with van der Waals surface area (Å²) >= 11 is 0. The molecule has 3 heterocycles. The number of pyridine rings is 1. The summed E-state index contributed by atoms with van der Waals surface area (Å²) in [7, 11) is 6.59. The second kappa shape index (κ2) is 11.3. The van der Waals surface area contributed by atoms with Crippen LogP contribution in [0.25, 0.3) is 11.2 Å². The minimum absolute atomic E-state index is 0.116. The first kappa shape index (κ1) is 27.1. The Morgan fingerprint density at radius 1 is 1.11 bits per heavy atom. The van der Waals surface area contributed by atoms with E-state index in [1.165, 1.54) is 5.56 Å². The van der Waals surface area contributed by atoms with Gasteiger partial charge in [-0.1, -0.05) is 43.7 Å². The number of benzene rings is 1. The molecular formula is C31H47N7. The van der Waals surface area contributed by atoms with Gasteiger partial charge in [-0.25, -0.2) is 9.97 Å². The van der Waals surface area contributed by atoms with Crippen molar-refractivity contribution >= 4 is 16.9 Å². The molecule has 1 saturated heterocycles. The summed E-state index contributed by atoms with van der Waals surface area (Å²) in [5.74, 6) is 1.14. The zero-order valence-electron chi connectivity index (χ0n) is 24.2. The first-order chi connectivity index (χ1) is 18.3. The molecule has 38 heavy (non-hydrogen) atoms. The van der Waals surface area contributed by atoms with Crippen LogP contribution in [0.1, 0.15) is 76.7 Å². The molecule has 2 aromatic heterocycles. The van der Waals surface area contributed by atoms with Gasteiger partial charge in [-0.3, -0.25) is 9.80 Å². The SMILES string of the molecule is CCC[C@@H](c1nc2cc(N[C@H]3CC[C@](c4ccccc4)(N(C)C)CC3)cnc2n1C)N1C[C@@H](C)N[C@@H](C)C1. The average molecular weight is 518 g/mol. The van der Waals surface area contributed by atoms with Crippen LogP contribution in [0, 0.1) is 0 Å². The van der Waals surface area contributed by atoms with Crippen LogP contribution in [-0.2, 0) is 12.6 Å². The Bertz CT molecular complexity index is 1190. The third-order valence-corrected chi connectivity index (χ3v) is 8.98. The first-order valence-electron chi connectivity index (χ1n) is 14.6. The Morgan fingerprint density at radius 3 is 2.42 bits per heavy atom. The molecule has 0 radical (unpaired) electrons. The van der Waals surface area contributed by atoms with Gasteiger partial charge in [0.15, 0.2) is 5.65 Å². The molecule has 0 bridgehead atoms. The van der Waals surface area contributed by atoms with Gasteiger partial charge in [-0.2, -0.15) is 0 Å². The van der Waals surface area contributed by atoms with Crippen LogP contribution in [-0.4, -0.2) is 69.6 Å². The number of fused-ring (bicyclic) bond motifs is 1. The van der Waals surface area contributed by atoms with Crippen molar-refractivity contribution in [3.05, 3.63) is 54.0 Å². The summed E-state index contributed by atoms with van der Waals surface area (Å²) in [6.07, 6.45) is 8.81. The van der Waals surface area contributed by atoms with Gasteiger partial charge in [-0.05, 0) is 71.7 Å². The van der Waals surface area contributed by atoms with Crippen molar-refractivity contribution in [2.45, 2.75) is 89.0 Å². The zero-order chi connectivity index (χ0) is 26.9. The van der Waals surface area contributed by atoms with Crippen LogP contribution in [0.15, 0.2) is 42.6 Å². The summed E-state index contributed by atoms with van der Waals surface area (Å²) in [6.45, 7) is 8.95. The number of aryl methyl sites for hydroxylation is 1. The Hall–Kier alpha value is -2.48. The fraction of sp³-hybridized carbons (Fsp3) is 0.613. The lowest BCUT2D eigenvalue weighted by atomic mass is 9.74. The highest BCUT2D eigenvalue weighted by atomic mass is 15.3. The zero-order valence-corrected chi connectivity index (χ0v) is 24.2. The normalized spacial score (nSPS) is 27.6. The standard InChI is InChI=1S/C31H47N7/c1-7-11-28(38-20-22(2)33-23(3)21-38)30-35-27-18-26(19-32-29(27)37(30)6)34-25-14-16-31(17-15-25,36(4)5)24-12-9-8-10-13-24/h8-10,12-13,18-19,22-23,25,28,33-34H,7,11,14-17,20-21H2,1-6H3/t22-,23+,25-,28-,31-/m0/s1. The predicted molar refractivity (Wildman–Crippen MR) is 157 cm³/mol. The number of rotatable bonds is 8. The van der Waals surface area contributed by atoms with E-state index in [1.807, 2.05) is 6.20 Å². The molecule has 1 aromatic carbocycles. The van der Waals surface area contributed by atoms with E-state index in [0.29, 0.717) is 24.2 Å². The largest absolute Gasteiger partial charge is 0.381 e. The summed E-state index contributed by atoms with van der Waals surface area (Å²) in [6, 6.07) is 15.0. The van der Waals surface area contributed by atoms with E-state index in [-0.39, 0.29) is 5.54 Å². The van der Waals surface area contributed by atoms with Crippen LogP contribution in [0.2, 0.25) is 0 Å². The fourth-order valence-corrected chi connectivity index (χ4v) is 7.06. The molecule has 7 nitrogen and oxygen atoms in total. The van der Waals surface area contributed by atoms with E-state index >= 15 is 0 Å². The molecule has 1 saturated carbocycles. The van der Waals surface area contributed by atoms with Crippen molar-refractivity contribution in [2.24, 2.45) is 7.05 Å². The Labute approximate surface area is 229 Å². The summed E-state index contributed by atoms with van der Waals surface area (Å²) in [5.41, 5.74) is 4.60. The van der Waals surface area contributed by atoms with E-state index < -0.39 is 0 Å². The topological polar surface area (TPSA) is 61.3 Å². The highest BCUT2D eigenvalue weighted by Crippen LogP contribution is 2.41. The lowest BCUT2D eigenvalue weighted by molar-refractivity contribution is 0.0945. The quantitative estimate of drug-likeness (QED) is 0.423. The van der Waals surface area contributed by atoms with Crippen molar-refractivity contribution < 1.29 is 0 Å². The van der Waals surface area contributed by atoms with Crippen LogP contribution >= 0.6 is 0 Å². The maximum atomic E-state index is 5.19. The van der Waals surface area contributed by atoms with Crippen LogP contribution < -0.4 is 10.6 Å². The van der Waals surface area contributed by atoms with E-state index in [9.17, 15) is 0 Å². The van der Waals surface area contributed by atoms with Gasteiger partial charge in [0, 0.05) is 43.8 Å². The molecule has 0 amide bonds. The van der Waals surface area contributed by atoms with Crippen LogP contribution in [0.5, 0.6) is 0 Å². The van der Waals surface area contributed by atoms with Gasteiger partial charge in [0.25, 0.3) is 0 Å². The van der Waals surface area contributed by atoms with E-state index in [2.05, 4.69) is 103 Å². The van der Waals surface area contributed by atoms with E-state index in [0.717, 1.165) is 74.3 Å². The van der Waals surface area contributed by atoms with Gasteiger partial charge in [0.1, 0.15) is 11.3 Å². The molecule has 1 aliphatic heterocycles. The Morgan fingerprint density at radius 2 is 1.79 bits per heavy atom. The molecule has 0 spiro atoms. The third-order valence-electron chi connectivity index (χ3n) is 8.98. The smallest absolute Gasteiger partial charge is 0.159 e. The van der Waals surface area contributed by atoms with Gasteiger partial charge >= 0.3 is 0 Å². The fourth-order valence-electron chi connectivity index (χ4n) is 7.06. The van der Waals surface area contributed by atoms with Crippen molar-refractivity contribution in [2.75, 3.05) is 32.5 Å². The third kappa shape index (κ3) is 5.33. The number of piperazine rings is 1. The number of anilines is 1. The van der Waals surface area contributed by atoms with Crippen LogP contribution in [0.4, 0.5) is 5.69 Å². The average Bonchev–Trinajstić information content (AvgIpc) is 3.22. The second-order valence-electron chi connectivity index (χ2n) is 12.0. The summed E-state index contributed by atoms with van der Waals surface area (Å²) < 4.78 is 2.22. The predicted octanol–water partition coefficient (Wildman–Crippen LogP) is 5.30. The molecule has 5 rings (SSSR count). The van der Waals surface area contributed by atoms with E-state index in [1.54, 1.807) is 0 Å². The van der Waals surface area contributed by atoms with Crippen molar-refractivity contribution in [3.8, 4) is 0 Å². The highest BCUT2D eigenvalue weighted by Gasteiger charge is 2.38. The van der Waals surface area contributed by atoms with Crippen molar-refractivity contribution in [3.63, 3.8) is 0 Å². The molecule has 3 aromatic rings. The number of hydrogen-bond acceptors (Lipinski definition) is 6. The van der Waals surface area contributed by atoms with Crippen molar-refractivity contribution in [1.29, 1.82) is 0 Å². The molecular weight excluding hydrogens is 470 g/mol. The van der Waals surface area contributed by atoms with Crippen molar-refractivity contribution in [1.82, 2.24) is 29.7 Å². The lowest BCUT2D eigenvalue weighted by Gasteiger charge is -2.46. The van der Waals surface area contributed by atoms with Crippen LogP contribution in [0.3, 0.4) is 0 Å². The molecule has 3 atom stereocenters.